The first kappa shape index (κ1) is 9.67. The molecule has 4 nitrogen and oxygen atoms in total. The SMILES string of the molecule is C[C@@H](O)Cc1cccc([N+](=O)[O-])c1. The van der Waals surface area contributed by atoms with Crippen LogP contribution in [-0.4, -0.2) is 16.1 Å². The van der Waals surface area contributed by atoms with Gasteiger partial charge in [0.15, 0.2) is 0 Å². The zero-order valence-corrected chi connectivity index (χ0v) is 7.30. The molecule has 0 unspecified atom stereocenters. The highest BCUT2D eigenvalue weighted by Gasteiger charge is 2.06. The van der Waals surface area contributed by atoms with Crippen LogP contribution in [-0.2, 0) is 6.42 Å². The van der Waals surface area contributed by atoms with Crippen LogP contribution in [0.2, 0.25) is 0 Å². The van der Waals surface area contributed by atoms with Crippen molar-refractivity contribution in [3.63, 3.8) is 0 Å². The summed E-state index contributed by atoms with van der Waals surface area (Å²) < 4.78 is 0. The Morgan fingerprint density at radius 1 is 1.62 bits per heavy atom. The van der Waals surface area contributed by atoms with Gasteiger partial charge in [0.05, 0.1) is 11.0 Å². The third-order valence-corrected chi connectivity index (χ3v) is 1.65. The first-order chi connectivity index (χ1) is 6.09. The number of hydrogen-bond acceptors (Lipinski definition) is 3. The number of benzene rings is 1. The molecule has 0 radical (unpaired) electrons. The number of non-ortho nitro benzene ring substituents is 1. The Labute approximate surface area is 76.0 Å². The second-order valence-electron chi connectivity index (χ2n) is 2.98. The molecule has 1 aromatic rings. The maximum atomic E-state index is 10.4. The van der Waals surface area contributed by atoms with E-state index >= 15 is 0 Å². The lowest BCUT2D eigenvalue weighted by molar-refractivity contribution is -0.384. The maximum absolute atomic E-state index is 10.4. The molecular weight excluding hydrogens is 170 g/mol. The van der Waals surface area contributed by atoms with Gasteiger partial charge in [0.1, 0.15) is 0 Å². The van der Waals surface area contributed by atoms with Gasteiger partial charge >= 0.3 is 0 Å². The van der Waals surface area contributed by atoms with Crippen LogP contribution in [0.15, 0.2) is 24.3 Å². The number of rotatable bonds is 3. The summed E-state index contributed by atoms with van der Waals surface area (Å²) in [6.07, 6.45) is -0.0243. The average molecular weight is 181 g/mol. The molecule has 70 valence electrons. The van der Waals surface area contributed by atoms with E-state index in [4.69, 9.17) is 5.11 Å². The lowest BCUT2D eigenvalue weighted by atomic mass is 10.1. The molecule has 0 aliphatic carbocycles. The highest BCUT2D eigenvalue weighted by molar-refractivity contribution is 5.34. The van der Waals surface area contributed by atoms with E-state index in [0.29, 0.717) is 6.42 Å². The first-order valence-electron chi connectivity index (χ1n) is 4.01. The Hall–Kier alpha value is -1.42. The van der Waals surface area contributed by atoms with Crippen molar-refractivity contribution in [1.29, 1.82) is 0 Å². The van der Waals surface area contributed by atoms with Crippen molar-refractivity contribution in [2.24, 2.45) is 0 Å². The summed E-state index contributed by atoms with van der Waals surface area (Å²) in [5.74, 6) is 0. The standard InChI is InChI=1S/C9H11NO3/c1-7(11)5-8-3-2-4-9(6-8)10(12)13/h2-4,6-7,11H,5H2,1H3/t7-/m1/s1. The van der Waals surface area contributed by atoms with Gasteiger partial charge in [-0.3, -0.25) is 10.1 Å². The van der Waals surface area contributed by atoms with Gasteiger partial charge in [-0.05, 0) is 18.9 Å². The van der Waals surface area contributed by atoms with E-state index in [2.05, 4.69) is 0 Å². The highest BCUT2D eigenvalue weighted by Crippen LogP contribution is 2.14. The summed E-state index contributed by atoms with van der Waals surface area (Å²) in [5.41, 5.74) is 0.849. The van der Waals surface area contributed by atoms with E-state index in [1.807, 2.05) is 0 Å². The van der Waals surface area contributed by atoms with Crippen LogP contribution in [0.1, 0.15) is 12.5 Å². The second-order valence-corrected chi connectivity index (χ2v) is 2.98. The minimum Gasteiger partial charge on any atom is -0.393 e. The predicted molar refractivity (Wildman–Crippen MR) is 48.5 cm³/mol. The second kappa shape index (κ2) is 4.00. The first-order valence-corrected chi connectivity index (χ1v) is 4.01. The minimum atomic E-state index is -0.470. The molecule has 0 aromatic heterocycles. The zero-order chi connectivity index (χ0) is 9.84. The predicted octanol–water partition coefficient (Wildman–Crippen LogP) is 1.52. The number of nitro benzene ring substituents is 1. The molecule has 1 rings (SSSR count). The Bertz CT molecular complexity index is 309. The van der Waals surface area contributed by atoms with Crippen molar-refractivity contribution in [2.75, 3.05) is 0 Å². The quantitative estimate of drug-likeness (QED) is 0.568. The monoisotopic (exact) mass is 181 g/mol. The number of hydrogen-bond donors (Lipinski definition) is 1. The van der Waals surface area contributed by atoms with E-state index < -0.39 is 11.0 Å². The Balaban J connectivity index is 2.85. The van der Waals surface area contributed by atoms with Crippen LogP contribution >= 0.6 is 0 Å². The van der Waals surface area contributed by atoms with Crippen LogP contribution < -0.4 is 0 Å². The van der Waals surface area contributed by atoms with E-state index in [1.54, 1.807) is 19.1 Å². The molecule has 1 aromatic carbocycles. The summed E-state index contributed by atoms with van der Waals surface area (Å²) in [6, 6.07) is 6.30. The smallest absolute Gasteiger partial charge is 0.269 e. The minimum absolute atomic E-state index is 0.0677. The van der Waals surface area contributed by atoms with Crippen LogP contribution in [0, 0.1) is 10.1 Å². The summed E-state index contributed by atoms with van der Waals surface area (Å²) in [7, 11) is 0. The fourth-order valence-electron chi connectivity index (χ4n) is 1.14. The van der Waals surface area contributed by atoms with Gasteiger partial charge in [0.2, 0.25) is 0 Å². The number of aliphatic hydroxyl groups excluding tert-OH is 1. The molecule has 0 saturated heterocycles. The van der Waals surface area contributed by atoms with Crippen molar-refractivity contribution in [3.05, 3.63) is 39.9 Å². The Morgan fingerprint density at radius 2 is 2.31 bits per heavy atom. The van der Waals surface area contributed by atoms with Gasteiger partial charge < -0.3 is 5.11 Å². The van der Waals surface area contributed by atoms with Crippen LogP contribution in [0.5, 0.6) is 0 Å². The summed E-state index contributed by atoms with van der Waals surface area (Å²) >= 11 is 0. The van der Waals surface area contributed by atoms with E-state index in [-0.39, 0.29) is 5.69 Å². The lowest BCUT2D eigenvalue weighted by Gasteiger charge is -2.02. The molecule has 0 aliphatic heterocycles. The molecular formula is C9H11NO3. The van der Waals surface area contributed by atoms with Crippen molar-refractivity contribution in [1.82, 2.24) is 0 Å². The molecule has 1 N–H and O–H groups in total. The van der Waals surface area contributed by atoms with Crippen LogP contribution in [0.25, 0.3) is 0 Å². The summed E-state index contributed by atoms with van der Waals surface area (Å²) in [6.45, 7) is 1.65. The third-order valence-electron chi connectivity index (χ3n) is 1.65. The van der Waals surface area contributed by atoms with E-state index in [0.717, 1.165) is 5.56 Å². The Morgan fingerprint density at radius 3 is 2.85 bits per heavy atom. The molecule has 0 bridgehead atoms. The fraction of sp³-hybridized carbons (Fsp3) is 0.333. The topological polar surface area (TPSA) is 63.4 Å². The molecule has 0 aliphatic rings. The molecule has 0 amide bonds. The van der Waals surface area contributed by atoms with Gasteiger partial charge in [0, 0.05) is 12.1 Å². The summed E-state index contributed by atoms with van der Waals surface area (Å²) in [5, 5.41) is 19.4. The molecule has 1 atom stereocenters. The van der Waals surface area contributed by atoms with Gasteiger partial charge in [-0.15, -0.1) is 0 Å². The molecule has 13 heavy (non-hydrogen) atoms. The number of aliphatic hydroxyl groups is 1. The maximum Gasteiger partial charge on any atom is 0.269 e. The normalized spacial score (nSPS) is 12.5. The number of nitro groups is 1. The summed E-state index contributed by atoms with van der Waals surface area (Å²) in [4.78, 5) is 9.94. The van der Waals surface area contributed by atoms with E-state index in [9.17, 15) is 10.1 Å². The Kier molecular flexibility index (Phi) is 2.97. The molecule has 0 spiro atoms. The third kappa shape index (κ3) is 2.83. The highest BCUT2D eigenvalue weighted by atomic mass is 16.6. The molecule has 0 saturated carbocycles. The fourth-order valence-corrected chi connectivity index (χ4v) is 1.14. The lowest BCUT2D eigenvalue weighted by Crippen LogP contribution is -2.04. The number of nitrogens with zero attached hydrogens (tertiary/aromatic N) is 1. The van der Waals surface area contributed by atoms with Crippen molar-refractivity contribution < 1.29 is 10.0 Å². The van der Waals surface area contributed by atoms with Gasteiger partial charge in [-0.1, -0.05) is 12.1 Å². The largest absolute Gasteiger partial charge is 0.393 e. The van der Waals surface area contributed by atoms with Crippen LogP contribution in [0.3, 0.4) is 0 Å². The molecule has 4 heteroatoms. The zero-order valence-electron chi connectivity index (χ0n) is 7.30. The van der Waals surface area contributed by atoms with Gasteiger partial charge in [-0.25, -0.2) is 0 Å². The average Bonchev–Trinajstić information content (AvgIpc) is 2.03. The molecule has 0 fully saturated rings. The van der Waals surface area contributed by atoms with Gasteiger partial charge in [0.25, 0.3) is 5.69 Å². The van der Waals surface area contributed by atoms with Crippen molar-refractivity contribution in [2.45, 2.75) is 19.4 Å². The van der Waals surface area contributed by atoms with Crippen molar-refractivity contribution in [3.8, 4) is 0 Å². The van der Waals surface area contributed by atoms with Crippen molar-refractivity contribution >= 4 is 5.69 Å². The van der Waals surface area contributed by atoms with E-state index in [1.165, 1.54) is 12.1 Å². The van der Waals surface area contributed by atoms with Gasteiger partial charge in [-0.2, -0.15) is 0 Å². The molecule has 0 heterocycles. The van der Waals surface area contributed by atoms with Crippen LogP contribution in [0.4, 0.5) is 5.69 Å².